The van der Waals surface area contributed by atoms with Crippen LogP contribution < -0.4 is 10.6 Å². The van der Waals surface area contributed by atoms with E-state index in [9.17, 15) is 4.79 Å². The van der Waals surface area contributed by atoms with E-state index in [-0.39, 0.29) is 5.91 Å². The number of piperidine rings is 1. The number of aromatic nitrogens is 2. The van der Waals surface area contributed by atoms with Crippen LogP contribution in [0, 0.1) is 0 Å². The summed E-state index contributed by atoms with van der Waals surface area (Å²) in [7, 11) is 0. The first-order chi connectivity index (χ1) is 15.2. The van der Waals surface area contributed by atoms with Crippen molar-refractivity contribution in [2.75, 3.05) is 36.8 Å². The molecule has 0 radical (unpaired) electrons. The average molecular weight is 416 g/mol. The highest BCUT2D eigenvalue weighted by atomic mass is 16.2. The van der Waals surface area contributed by atoms with Crippen LogP contribution in [0.1, 0.15) is 31.2 Å². The number of amides is 1. The third-order valence-electron chi connectivity index (χ3n) is 5.61. The van der Waals surface area contributed by atoms with E-state index in [0.717, 1.165) is 38.0 Å². The van der Waals surface area contributed by atoms with Gasteiger partial charge in [0, 0.05) is 18.2 Å². The Hall–Kier alpha value is -3.25. The zero-order valence-corrected chi connectivity index (χ0v) is 17.9. The molecule has 0 aliphatic carbocycles. The van der Waals surface area contributed by atoms with Crippen LogP contribution >= 0.6 is 0 Å². The summed E-state index contributed by atoms with van der Waals surface area (Å²) < 4.78 is 0. The summed E-state index contributed by atoms with van der Waals surface area (Å²) in [6.07, 6.45) is 2.15. The third-order valence-corrected chi connectivity index (χ3v) is 5.61. The van der Waals surface area contributed by atoms with E-state index in [1.807, 2.05) is 37.3 Å². The number of likely N-dealkylation sites (tertiary alicyclic amines) is 1. The summed E-state index contributed by atoms with van der Waals surface area (Å²) in [5.41, 5.74) is 2.32. The number of hydrogen-bond donors (Lipinski definition) is 2. The maximum absolute atomic E-state index is 12.7. The second kappa shape index (κ2) is 10.2. The van der Waals surface area contributed by atoms with Gasteiger partial charge in [0.1, 0.15) is 11.6 Å². The standard InChI is InChI=1S/C25H29N5O/c1-2-26-22-17-23(29-25(28-22)21-11-7-4-8-12-21)27-24(31)18-30-15-13-20(14-16-30)19-9-5-3-6-10-19/h3-12,17,20H,2,13-16,18H2,1H3,(H2,26,27,28,29,31). The van der Waals surface area contributed by atoms with E-state index in [0.29, 0.717) is 29.9 Å². The lowest BCUT2D eigenvalue weighted by Crippen LogP contribution is -2.38. The number of hydrogen-bond acceptors (Lipinski definition) is 5. The summed E-state index contributed by atoms with van der Waals surface area (Å²) in [6, 6.07) is 22.2. The van der Waals surface area contributed by atoms with Crippen molar-refractivity contribution in [3.05, 3.63) is 72.3 Å². The van der Waals surface area contributed by atoms with Crippen LogP contribution in [0.4, 0.5) is 11.6 Å². The predicted molar refractivity (Wildman–Crippen MR) is 125 cm³/mol. The van der Waals surface area contributed by atoms with Gasteiger partial charge in [-0.2, -0.15) is 0 Å². The average Bonchev–Trinajstić information content (AvgIpc) is 2.81. The topological polar surface area (TPSA) is 70.2 Å². The van der Waals surface area contributed by atoms with Crippen molar-refractivity contribution in [1.29, 1.82) is 0 Å². The molecular formula is C25H29N5O. The van der Waals surface area contributed by atoms with Gasteiger partial charge in [-0.1, -0.05) is 60.7 Å². The van der Waals surface area contributed by atoms with Crippen LogP contribution in [0.2, 0.25) is 0 Å². The van der Waals surface area contributed by atoms with Gasteiger partial charge in [-0.05, 0) is 44.3 Å². The number of rotatable bonds is 7. The smallest absolute Gasteiger partial charge is 0.239 e. The fourth-order valence-electron chi connectivity index (χ4n) is 4.03. The van der Waals surface area contributed by atoms with E-state index in [2.05, 4.69) is 55.8 Å². The Morgan fingerprint density at radius 2 is 1.61 bits per heavy atom. The van der Waals surface area contributed by atoms with Crippen molar-refractivity contribution < 1.29 is 4.79 Å². The number of nitrogens with zero attached hydrogens (tertiary/aromatic N) is 3. The molecule has 0 bridgehead atoms. The van der Waals surface area contributed by atoms with E-state index < -0.39 is 0 Å². The molecule has 1 aromatic heterocycles. The van der Waals surface area contributed by atoms with E-state index in [1.165, 1.54) is 5.56 Å². The van der Waals surface area contributed by atoms with Crippen LogP contribution in [0.5, 0.6) is 0 Å². The summed E-state index contributed by atoms with van der Waals surface area (Å²) in [4.78, 5) is 24.1. The molecule has 2 aromatic carbocycles. The maximum Gasteiger partial charge on any atom is 0.239 e. The Balaban J connectivity index is 1.38. The van der Waals surface area contributed by atoms with Gasteiger partial charge in [-0.3, -0.25) is 9.69 Å². The largest absolute Gasteiger partial charge is 0.370 e. The summed E-state index contributed by atoms with van der Waals surface area (Å²) in [6.45, 7) is 4.99. The number of carbonyl (C=O) groups is 1. The second-order valence-corrected chi connectivity index (χ2v) is 7.87. The number of anilines is 2. The lowest BCUT2D eigenvalue weighted by Gasteiger charge is -2.31. The van der Waals surface area contributed by atoms with E-state index in [1.54, 1.807) is 6.07 Å². The second-order valence-electron chi connectivity index (χ2n) is 7.87. The van der Waals surface area contributed by atoms with Crippen LogP contribution in [-0.2, 0) is 4.79 Å². The Kier molecular flexibility index (Phi) is 6.89. The van der Waals surface area contributed by atoms with Crippen LogP contribution in [0.25, 0.3) is 11.4 Å². The van der Waals surface area contributed by atoms with Gasteiger partial charge in [0.05, 0.1) is 6.54 Å². The predicted octanol–water partition coefficient (Wildman–Crippen LogP) is 4.39. The highest BCUT2D eigenvalue weighted by molar-refractivity contribution is 5.92. The van der Waals surface area contributed by atoms with Crippen molar-refractivity contribution >= 4 is 17.5 Å². The summed E-state index contributed by atoms with van der Waals surface area (Å²) >= 11 is 0. The minimum absolute atomic E-state index is 0.0432. The molecule has 31 heavy (non-hydrogen) atoms. The lowest BCUT2D eigenvalue weighted by molar-refractivity contribution is -0.117. The molecule has 1 saturated heterocycles. The summed E-state index contributed by atoms with van der Waals surface area (Å²) in [5.74, 6) is 2.36. The first kappa shape index (κ1) is 21.0. The molecule has 2 heterocycles. The first-order valence-corrected chi connectivity index (χ1v) is 11.0. The monoisotopic (exact) mass is 415 g/mol. The molecule has 3 aromatic rings. The molecule has 4 rings (SSSR count). The SMILES string of the molecule is CCNc1cc(NC(=O)CN2CCC(c3ccccc3)CC2)nc(-c2ccccc2)n1. The zero-order valence-electron chi connectivity index (χ0n) is 17.9. The van der Waals surface area contributed by atoms with Gasteiger partial charge < -0.3 is 10.6 Å². The van der Waals surface area contributed by atoms with Crippen LogP contribution in [-0.4, -0.2) is 47.0 Å². The molecule has 160 valence electrons. The van der Waals surface area contributed by atoms with Gasteiger partial charge in [-0.15, -0.1) is 0 Å². The summed E-state index contributed by atoms with van der Waals surface area (Å²) in [5, 5.41) is 6.19. The lowest BCUT2D eigenvalue weighted by atomic mass is 9.89. The van der Waals surface area contributed by atoms with Crippen molar-refractivity contribution in [2.24, 2.45) is 0 Å². The molecule has 1 aliphatic rings. The number of carbonyl (C=O) groups excluding carboxylic acids is 1. The molecule has 1 fully saturated rings. The fraction of sp³-hybridized carbons (Fsp3) is 0.320. The molecule has 6 nitrogen and oxygen atoms in total. The van der Waals surface area contributed by atoms with Gasteiger partial charge in [0.25, 0.3) is 0 Å². The highest BCUT2D eigenvalue weighted by Gasteiger charge is 2.22. The first-order valence-electron chi connectivity index (χ1n) is 11.0. The molecule has 0 unspecified atom stereocenters. The molecule has 2 N–H and O–H groups in total. The van der Waals surface area contributed by atoms with Gasteiger partial charge in [-0.25, -0.2) is 9.97 Å². The quantitative estimate of drug-likeness (QED) is 0.599. The Labute approximate surface area is 183 Å². The normalized spacial score (nSPS) is 14.9. The zero-order chi connectivity index (χ0) is 21.5. The van der Waals surface area contributed by atoms with Crippen LogP contribution in [0.3, 0.4) is 0 Å². The Bertz CT molecular complexity index is 985. The maximum atomic E-state index is 12.7. The highest BCUT2D eigenvalue weighted by Crippen LogP contribution is 2.27. The van der Waals surface area contributed by atoms with Gasteiger partial charge >= 0.3 is 0 Å². The molecule has 1 aliphatic heterocycles. The Morgan fingerprint density at radius 3 is 2.29 bits per heavy atom. The van der Waals surface area contributed by atoms with Crippen molar-refractivity contribution in [3.63, 3.8) is 0 Å². The number of nitrogens with one attached hydrogen (secondary N) is 2. The van der Waals surface area contributed by atoms with Crippen molar-refractivity contribution in [3.8, 4) is 11.4 Å². The minimum Gasteiger partial charge on any atom is -0.370 e. The van der Waals surface area contributed by atoms with Crippen molar-refractivity contribution in [1.82, 2.24) is 14.9 Å². The Morgan fingerprint density at radius 1 is 0.968 bits per heavy atom. The minimum atomic E-state index is -0.0432. The fourth-order valence-corrected chi connectivity index (χ4v) is 4.03. The molecule has 6 heteroatoms. The van der Waals surface area contributed by atoms with Crippen molar-refractivity contribution in [2.45, 2.75) is 25.7 Å². The molecule has 0 atom stereocenters. The van der Waals surface area contributed by atoms with E-state index >= 15 is 0 Å². The van der Waals surface area contributed by atoms with E-state index in [4.69, 9.17) is 0 Å². The number of benzene rings is 2. The molecular weight excluding hydrogens is 386 g/mol. The van der Waals surface area contributed by atoms with Gasteiger partial charge in [0.2, 0.25) is 5.91 Å². The van der Waals surface area contributed by atoms with Crippen LogP contribution in [0.15, 0.2) is 66.7 Å². The molecule has 1 amide bonds. The molecule has 0 spiro atoms. The molecule has 0 saturated carbocycles. The van der Waals surface area contributed by atoms with Gasteiger partial charge in [0.15, 0.2) is 5.82 Å². The third kappa shape index (κ3) is 5.67.